The minimum absolute atomic E-state index is 0.000269. The fraction of sp³-hybridized carbons (Fsp3) is 0.933. The maximum Gasteiger partial charge on any atom is 0.225 e. The van der Waals surface area contributed by atoms with Crippen LogP contribution in [0.25, 0.3) is 0 Å². The molecule has 5 nitrogen and oxygen atoms in total. The molecule has 0 unspecified atom stereocenters. The van der Waals surface area contributed by atoms with Crippen molar-refractivity contribution in [2.75, 3.05) is 32.4 Å². The summed E-state index contributed by atoms with van der Waals surface area (Å²) in [5, 5.41) is 0. The molecule has 2 rings (SSSR count). The number of carbonyl (C=O) groups is 1. The van der Waals surface area contributed by atoms with E-state index in [1.54, 1.807) is 6.92 Å². The van der Waals surface area contributed by atoms with Crippen LogP contribution < -0.4 is 0 Å². The summed E-state index contributed by atoms with van der Waals surface area (Å²) in [6, 6.07) is 0. The molecule has 21 heavy (non-hydrogen) atoms. The van der Waals surface area contributed by atoms with E-state index in [0.717, 1.165) is 6.54 Å². The molecule has 1 aliphatic carbocycles. The Morgan fingerprint density at radius 2 is 1.71 bits per heavy atom. The topological polar surface area (TPSA) is 57.7 Å². The molecule has 0 aromatic carbocycles. The second-order valence-electron chi connectivity index (χ2n) is 6.44. The van der Waals surface area contributed by atoms with Gasteiger partial charge >= 0.3 is 0 Å². The van der Waals surface area contributed by atoms with Crippen molar-refractivity contribution in [2.24, 2.45) is 11.8 Å². The predicted octanol–water partition coefficient (Wildman–Crippen LogP) is 1.70. The first kappa shape index (κ1) is 16.7. The van der Waals surface area contributed by atoms with Crippen LogP contribution in [-0.2, 0) is 14.8 Å². The fourth-order valence-corrected chi connectivity index (χ4v) is 4.68. The highest BCUT2D eigenvalue weighted by atomic mass is 32.2. The van der Waals surface area contributed by atoms with E-state index in [0.29, 0.717) is 31.8 Å². The van der Waals surface area contributed by atoms with E-state index in [-0.39, 0.29) is 17.6 Å². The maximum atomic E-state index is 12.5. The fourth-order valence-electron chi connectivity index (χ4n) is 3.55. The van der Waals surface area contributed by atoms with Crippen molar-refractivity contribution in [3.63, 3.8) is 0 Å². The largest absolute Gasteiger partial charge is 0.345 e. The van der Waals surface area contributed by atoms with Gasteiger partial charge in [0.25, 0.3) is 0 Å². The molecule has 0 radical (unpaired) electrons. The Morgan fingerprint density at radius 3 is 2.24 bits per heavy atom. The Hall–Kier alpha value is -0.620. The summed E-state index contributed by atoms with van der Waals surface area (Å²) in [5.41, 5.74) is 0. The lowest BCUT2D eigenvalue weighted by molar-refractivity contribution is -0.135. The number of amides is 1. The summed E-state index contributed by atoms with van der Waals surface area (Å²) in [7, 11) is -1.20. The highest BCUT2D eigenvalue weighted by molar-refractivity contribution is 7.89. The van der Waals surface area contributed by atoms with Gasteiger partial charge in [-0.3, -0.25) is 4.79 Å². The lowest BCUT2D eigenvalue weighted by Gasteiger charge is -2.33. The van der Waals surface area contributed by atoms with Crippen molar-refractivity contribution in [1.82, 2.24) is 9.21 Å². The van der Waals surface area contributed by atoms with Crippen LogP contribution in [0.3, 0.4) is 0 Å². The van der Waals surface area contributed by atoms with Gasteiger partial charge in [-0.2, -0.15) is 0 Å². The number of rotatable bonds is 5. The summed E-state index contributed by atoms with van der Waals surface area (Å²) in [4.78, 5) is 14.3. The smallest absolute Gasteiger partial charge is 0.225 e. The minimum Gasteiger partial charge on any atom is -0.345 e. The van der Waals surface area contributed by atoms with Gasteiger partial charge in [-0.1, -0.05) is 12.8 Å². The minimum atomic E-state index is -3.10. The van der Waals surface area contributed by atoms with Crippen molar-refractivity contribution in [2.45, 2.75) is 45.4 Å². The monoisotopic (exact) mass is 316 g/mol. The zero-order valence-corrected chi connectivity index (χ0v) is 14.1. The molecule has 0 atom stereocenters. The molecule has 1 amide bonds. The Labute approximate surface area is 128 Å². The van der Waals surface area contributed by atoms with Crippen LogP contribution in [0.4, 0.5) is 0 Å². The van der Waals surface area contributed by atoms with Crippen LogP contribution in [0, 0.1) is 11.8 Å². The summed E-state index contributed by atoms with van der Waals surface area (Å²) >= 11 is 0. The van der Waals surface area contributed by atoms with Crippen LogP contribution >= 0.6 is 0 Å². The lowest BCUT2D eigenvalue weighted by atomic mass is 9.96. The number of piperidine rings is 1. The molecule has 1 heterocycles. The van der Waals surface area contributed by atoms with Crippen molar-refractivity contribution in [1.29, 1.82) is 0 Å². The number of nitrogens with zero attached hydrogens (tertiary/aromatic N) is 2. The Morgan fingerprint density at radius 1 is 1.14 bits per heavy atom. The van der Waals surface area contributed by atoms with E-state index in [1.807, 2.05) is 11.9 Å². The van der Waals surface area contributed by atoms with Crippen molar-refractivity contribution in [3.05, 3.63) is 0 Å². The SMILES string of the molecule is CCS(=O)(=O)N1CCC(C(=O)N(C)CC2CCCC2)CC1. The Balaban J connectivity index is 1.82. The molecule has 1 saturated carbocycles. The Bertz CT molecular complexity index is 450. The molecule has 0 N–H and O–H groups in total. The standard InChI is InChI=1S/C15H28N2O3S/c1-3-21(19,20)17-10-8-14(9-11-17)15(18)16(2)12-13-6-4-5-7-13/h13-14H,3-12H2,1-2H3. The average molecular weight is 316 g/mol. The van der Waals surface area contributed by atoms with Gasteiger partial charge in [-0.15, -0.1) is 0 Å². The molecule has 0 aromatic heterocycles. The highest BCUT2D eigenvalue weighted by Gasteiger charge is 2.32. The second kappa shape index (κ2) is 7.09. The first-order valence-corrected chi connectivity index (χ1v) is 9.77. The number of sulfonamides is 1. The number of hydrogen-bond donors (Lipinski definition) is 0. The lowest BCUT2D eigenvalue weighted by Crippen LogP contribution is -2.44. The molecule has 0 aromatic rings. The highest BCUT2D eigenvalue weighted by Crippen LogP contribution is 2.27. The van der Waals surface area contributed by atoms with Crippen molar-refractivity contribution >= 4 is 15.9 Å². The zero-order valence-electron chi connectivity index (χ0n) is 13.3. The zero-order chi connectivity index (χ0) is 15.5. The van der Waals surface area contributed by atoms with Crippen molar-refractivity contribution in [3.8, 4) is 0 Å². The molecule has 2 fully saturated rings. The van der Waals surface area contributed by atoms with Gasteiger partial charge in [0.1, 0.15) is 0 Å². The van der Waals surface area contributed by atoms with Crippen LogP contribution in [0.5, 0.6) is 0 Å². The van der Waals surface area contributed by atoms with Crippen LogP contribution in [0.15, 0.2) is 0 Å². The van der Waals surface area contributed by atoms with Crippen LogP contribution in [0.1, 0.15) is 45.4 Å². The third-order valence-electron chi connectivity index (χ3n) is 4.94. The molecule has 0 spiro atoms. The third-order valence-corrected chi connectivity index (χ3v) is 6.83. The number of carbonyl (C=O) groups excluding carboxylic acids is 1. The molecule has 1 saturated heterocycles. The van der Waals surface area contributed by atoms with Crippen LogP contribution in [-0.4, -0.2) is 56.0 Å². The van der Waals surface area contributed by atoms with Gasteiger partial charge in [0.15, 0.2) is 0 Å². The van der Waals surface area contributed by atoms with Gasteiger partial charge in [-0.25, -0.2) is 12.7 Å². The molecule has 0 bridgehead atoms. The van der Waals surface area contributed by atoms with Gasteiger partial charge in [0.2, 0.25) is 15.9 Å². The first-order valence-electron chi connectivity index (χ1n) is 8.17. The van der Waals surface area contributed by atoms with Crippen molar-refractivity contribution < 1.29 is 13.2 Å². The quantitative estimate of drug-likeness (QED) is 0.775. The summed E-state index contributed by atoms with van der Waals surface area (Å²) in [5.74, 6) is 1.02. The maximum absolute atomic E-state index is 12.5. The van der Waals surface area contributed by atoms with E-state index in [2.05, 4.69) is 0 Å². The normalized spacial score (nSPS) is 22.6. The molecular formula is C15H28N2O3S. The summed E-state index contributed by atoms with van der Waals surface area (Å²) in [6.45, 7) is 3.52. The molecule has 6 heteroatoms. The molecule has 1 aliphatic heterocycles. The van der Waals surface area contributed by atoms with E-state index in [4.69, 9.17) is 0 Å². The number of hydrogen-bond acceptors (Lipinski definition) is 3. The van der Waals surface area contributed by atoms with E-state index in [9.17, 15) is 13.2 Å². The van der Waals surface area contributed by atoms with Crippen LogP contribution in [0.2, 0.25) is 0 Å². The Kier molecular flexibility index (Phi) is 5.66. The first-order chi connectivity index (χ1) is 9.94. The molecule has 2 aliphatic rings. The average Bonchev–Trinajstić information content (AvgIpc) is 2.99. The van der Waals surface area contributed by atoms with E-state index < -0.39 is 10.0 Å². The third kappa shape index (κ3) is 4.19. The van der Waals surface area contributed by atoms with E-state index in [1.165, 1.54) is 30.0 Å². The van der Waals surface area contributed by atoms with Gasteiger partial charge < -0.3 is 4.90 Å². The van der Waals surface area contributed by atoms with Gasteiger partial charge in [-0.05, 0) is 38.5 Å². The predicted molar refractivity (Wildman–Crippen MR) is 83.4 cm³/mol. The van der Waals surface area contributed by atoms with E-state index >= 15 is 0 Å². The summed E-state index contributed by atoms with van der Waals surface area (Å²) in [6.07, 6.45) is 6.38. The summed E-state index contributed by atoms with van der Waals surface area (Å²) < 4.78 is 25.2. The second-order valence-corrected chi connectivity index (χ2v) is 8.70. The van der Waals surface area contributed by atoms with Gasteiger partial charge in [0.05, 0.1) is 5.75 Å². The molecular weight excluding hydrogens is 288 g/mol. The molecule has 122 valence electrons. The van der Waals surface area contributed by atoms with Gasteiger partial charge in [0, 0.05) is 32.6 Å².